The third-order valence-corrected chi connectivity index (χ3v) is 8.93. The molecule has 0 spiro atoms. The van der Waals surface area contributed by atoms with E-state index >= 15 is 0 Å². The van der Waals surface area contributed by atoms with Crippen LogP contribution in [0.15, 0.2) is 125 Å². The fourth-order valence-electron chi connectivity index (χ4n) is 2.10. The lowest BCUT2D eigenvalue weighted by molar-refractivity contribution is 1.37. The number of hydrogen-bond acceptors (Lipinski definition) is 2. The summed E-state index contributed by atoms with van der Waals surface area (Å²) in [7, 11) is 0. The summed E-state index contributed by atoms with van der Waals surface area (Å²) < 4.78 is 5.85. The molecule has 4 aromatic carbocycles. The molecule has 32 heavy (non-hydrogen) atoms. The normalized spacial score (nSPS) is 9.44. The van der Waals surface area contributed by atoms with Crippen LogP contribution in [0.5, 0.6) is 0 Å². The van der Waals surface area contributed by atoms with Gasteiger partial charge in [0.15, 0.2) is 0 Å². The van der Waals surface area contributed by atoms with Crippen molar-refractivity contribution in [1.82, 2.24) is 0 Å². The summed E-state index contributed by atoms with van der Waals surface area (Å²) in [5.41, 5.74) is 0. The molecule has 168 valence electrons. The van der Waals surface area contributed by atoms with Crippen LogP contribution in [0.2, 0.25) is 0 Å². The molecule has 0 unspecified atom stereocenters. The Bertz CT molecular complexity index is 1070. The van der Waals surface area contributed by atoms with Gasteiger partial charge in [0.1, 0.15) is 0 Å². The molecule has 0 N–H and O–H groups in total. The molecule has 0 radical (unpaired) electrons. The molecule has 0 heterocycles. The molecule has 0 amide bonds. The second-order valence-corrected chi connectivity index (χ2v) is 12.6. The highest BCUT2D eigenvalue weighted by molar-refractivity contribution is 14.1. The third kappa shape index (κ3) is 12.3. The van der Waals surface area contributed by atoms with E-state index in [4.69, 9.17) is 0 Å². The van der Waals surface area contributed by atoms with Gasteiger partial charge >= 0.3 is 0 Å². The van der Waals surface area contributed by atoms with E-state index < -0.39 is 0 Å². The van der Waals surface area contributed by atoms with E-state index in [9.17, 15) is 0 Å². The van der Waals surface area contributed by atoms with Crippen LogP contribution < -0.4 is 0 Å². The van der Waals surface area contributed by atoms with Gasteiger partial charge in [0, 0.05) is 35.2 Å². The van der Waals surface area contributed by atoms with Crippen molar-refractivity contribution in [1.29, 1.82) is 0 Å². The molecule has 0 atom stereocenters. The molecule has 0 nitrogen and oxygen atoms in total. The second kappa shape index (κ2) is 17.0. The minimum Gasteiger partial charge on any atom is -0.358 e. The lowest BCUT2D eigenvalue weighted by atomic mass is 10.4. The number of thiol groups is 1. The Labute approximate surface area is 253 Å². The van der Waals surface area contributed by atoms with Gasteiger partial charge in [-0.1, -0.05) is 80.0 Å². The average molecular weight is 878 g/mol. The van der Waals surface area contributed by atoms with E-state index in [0.717, 1.165) is 18.3 Å². The summed E-state index contributed by atoms with van der Waals surface area (Å²) in [5, 5.41) is 0. The van der Waals surface area contributed by atoms with E-state index in [2.05, 4.69) is 142 Å². The lowest BCUT2D eigenvalue weighted by Gasteiger charge is -2.03. The maximum absolute atomic E-state index is 4.19. The molecule has 0 aromatic heterocycles. The van der Waals surface area contributed by atoms with E-state index in [1.165, 1.54) is 16.9 Å². The van der Waals surface area contributed by atoms with Crippen LogP contribution in [-0.2, 0) is 0 Å². The van der Waals surface area contributed by atoms with Crippen molar-refractivity contribution < 1.29 is 0 Å². The summed E-state index contributed by atoms with van der Waals surface area (Å²) in [6.45, 7) is 0. The molecule has 0 saturated heterocycles. The van der Waals surface area contributed by atoms with Crippen LogP contribution in [0.4, 0.5) is 0 Å². The van der Waals surface area contributed by atoms with Crippen molar-refractivity contribution in [2.24, 2.45) is 0 Å². The topological polar surface area (TPSA) is 0 Å². The van der Waals surface area contributed by atoms with Crippen LogP contribution in [0, 0.1) is 14.6 Å². The van der Waals surface area contributed by atoms with Gasteiger partial charge in [-0.3, -0.25) is 0 Å². The summed E-state index contributed by atoms with van der Waals surface area (Å²) in [4.78, 5) is 3.51. The quantitative estimate of drug-likeness (QED) is 0.119. The number of rotatable bonds is 2. The molecular weight excluding hydrogens is 858 g/mol. The maximum atomic E-state index is 4.19. The van der Waals surface area contributed by atoms with Crippen LogP contribution in [0.1, 0.15) is 0 Å². The Hall–Kier alpha value is 0.480. The van der Waals surface area contributed by atoms with Gasteiger partial charge in [0.05, 0.1) is 0 Å². The summed E-state index contributed by atoms with van der Waals surface area (Å²) >= 11 is 20.8. The minimum atomic E-state index is 0. The van der Waals surface area contributed by atoms with E-state index in [0.29, 0.717) is 0 Å². The maximum Gasteiger partial charge on any atom is 0.0314 e. The lowest BCUT2D eigenvalue weighted by Crippen LogP contribution is -1.75. The first-order valence-electron chi connectivity index (χ1n) is 8.87. The molecule has 0 aliphatic carbocycles. The summed E-state index contributed by atoms with van der Waals surface area (Å²) in [6, 6.07) is 32.7. The zero-order valence-electron chi connectivity index (χ0n) is 17.0. The number of halogens is 5. The summed E-state index contributed by atoms with van der Waals surface area (Å²) in [6.07, 6.45) is 0. The van der Waals surface area contributed by atoms with Crippen molar-refractivity contribution >= 4 is 117 Å². The van der Waals surface area contributed by atoms with Gasteiger partial charge in [-0.2, -0.15) is 0 Å². The zero-order chi connectivity index (χ0) is 22.6. The highest BCUT2D eigenvalue weighted by Crippen LogP contribution is 2.34. The SMILES string of the molecule is Brc1cccc(I)c1.Brc1cccc(Sc2ccccc2Br)c1.Sc1ccccc1I.[CH3-]. The first-order valence-corrected chi connectivity index (χ1v) is 14.7. The van der Waals surface area contributed by atoms with E-state index in [-0.39, 0.29) is 7.43 Å². The van der Waals surface area contributed by atoms with Crippen molar-refractivity contribution in [2.75, 3.05) is 0 Å². The van der Waals surface area contributed by atoms with E-state index in [1.807, 2.05) is 60.7 Å². The van der Waals surface area contributed by atoms with Crippen molar-refractivity contribution in [3.8, 4) is 0 Å². The Kier molecular flexibility index (Phi) is 16.2. The predicted molar refractivity (Wildman–Crippen MR) is 172 cm³/mol. The van der Waals surface area contributed by atoms with Crippen molar-refractivity contribution in [2.45, 2.75) is 14.7 Å². The van der Waals surface area contributed by atoms with Crippen LogP contribution in [0.25, 0.3) is 0 Å². The molecular formula is C25H20Br3I2S2-. The van der Waals surface area contributed by atoms with Crippen LogP contribution in [0.3, 0.4) is 0 Å². The first-order chi connectivity index (χ1) is 14.8. The van der Waals surface area contributed by atoms with Gasteiger partial charge in [0.2, 0.25) is 0 Å². The molecule has 4 aromatic rings. The molecule has 4 rings (SSSR count). The largest absolute Gasteiger partial charge is 0.358 e. The van der Waals surface area contributed by atoms with Crippen LogP contribution >= 0.6 is 117 Å². The number of hydrogen-bond donors (Lipinski definition) is 1. The van der Waals surface area contributed by atoms with E-state index in [1.54, 1.807) is 11.8 Å². The molecule has 0 saturated carbocycles. The number of benzene rings is 4. The third-order valence-electron chi connectivity index (χ3n) is 3.50. The first kappa shape index (κ1) is 30.5. The van der Waals surface area contributed by atoms with Gasteiger partial charge in [-0.15, -0.1) is 12.6 Å². The van der Waals surface area contributed by atoms with Crippen LogP contribution in [-0.4, -0.2) is 0 Å². The Morgan fingerprint density at radius 3 is 1.75 bits per heavy atom. The second-order valence-electron chi connectivity index (χ2n) is 5.88. The Morgan fingerprint density at radius 2 is 1.25 bits per heavy atom. The summed E-state index contributed by atoms with van der Waals surface area (Å²) in [5.74, 6) is 0. The molecule has 0 bridgehead atoms. The van der Waals surface area contributed by atoms with Crippen molar-refractivity contribution in [3.05, 3.63) is 125 Å². The fraction of sp³-hybridized carbons (Fsp3) is 0. The van der Waals surface area contributed by atoms with Gasteiger partial charge < -0.3 is 7.43 Å². The minimum absolute atomic E-state index is 0. The predicted octanol–water partition coefficient (Wildman–Crippen LogP) is 11.4. The molecule has 0 aliphatic heterocycles. The highest BCUT2D eigenvalue weighted by Gasteiger charge is 2.01. The smallest absolute Gasteiger partial charge is 0.0314 e. The van der Waals surface area contributed by atoms with Gasteiger partial charge in [0.25, 0.3) is 0 Å². The average Bonchev–Trinajstić information content (AvgIpc) is 2.73. The Morgan fingerprint density at radius 1 is 0.656 bits per heavy atom. The highest BCUT2D eigenvalue weighted by atomic mass is 127. The monoisotopic (exact) mass is 875 g/mol. The standard InChI is InChI=1S/C12H8Br2S.C6H4BrI.C6H5IS.CH3/c13-9-4-3-5-10(8-9)15-12-7-2-1-6-11(12)14;7-5-2-1-3-6(8)4-5;7-5-3-1-2-4-6(5)8;/h1-8H;1-4H;1-4,8H;1H3/q;;;-1. The van der Waals surface area contributed by atoms with Gasteiger partial charge in [-0.05, 0) is 122 Å². The molecule has 7 heteroatoms. The van der Waals surface area contributed by atoms with Crippen molar-refractivity contribution in [3.63, 3.8) is 0 Å². The molecule has 0 fully saturated rings. The fourth-order valence-corrected chi connectivity index (χ4v) is 5.99. The Balaban J connectivity index is 0.000000257. The zero-order valence-corrected chi connectivity index (χ0v) is 27.8. The van der Waals surface area contributed by atoms with Gasteiger partial charge in [-0.25, -0.2) is 0 Å². The molecule has 0 aliphatic rings.